The molecule has 0 radical (unpaired) electrons. The average molecular weight is 390 g/mol. The summed E-state index contributed by atoms with van der Waals surface area (Å²) in [4.78, 5) is 36.0. The molecule has 1 aromatic rings. The number of aryl methyl sites for hydroxylation is 1. The first-order valence-corrected chi connectivity index (χ1v) is 9.77. The van der Waals surface area contributed by atoms with E-state index in [9.17, 15) is 19.5 Å². The molecule has 0 saturated carbocycles. The van der Waals surface area contributed by atoms with E-state index in [4.69, 9.17) is 4.74 Å². The summed E-state index contributed by atoms with van der Waals surface area (Å²) in [5.74, 6) is -1.62. The van der Waals surface area contributed by atoms with Gasteiger partial charge in [-0.3, -0.25) is 14.4 Å². The van der Waals surface area contributed by atoms with E-state index in [-0.39, 0.29) is 30.2 Å². The molecular formula is C21H30N2O5. The van der Waals surface area contributed by atoms with Crippen molar-refractivity contribution in [3.8, 4) is 0 Å². The second-order valence-electron chi connectivity index (χ2n) is 7.78. The Morgan fingerprint density at radius 3 is 2.46 bits per heavy atom. The average Bonchev–Trinajstić information content (AvgIpc) is 2.63. The zero-order valence-corrected chi connectivity index (χ0v) is 16.8. The maximum atomic E-state index is 12.5. The Morgan fingerprint density at radius 1 is 1.21 bits per heavy atom. The van der Waals surface area contributed by atoms with Crippen LogP contribution in [0.3, 0.4) is 0 Å². The number of ether oxygens (including phenoxy) is 1. The zero-order chi connectivity index (χ0) is 20.7. The van der Waals surface area contributed by atoms with Crippen LogP contribution in [-0.4, -0.2) is 42.6 Å². The quantitative estimate of drug-likeness (QED) is 0.633. The highest BCUT2D eigenvalue weighted by Crippen LogP contribution is 2.24. The van der Waals surface area contributed by atoms with Gasteiger partial charge in [0.1, 0.15) is 0 Å². The number of carboxylic acids is 1. The Bertz CT molecular complexity index is 711. The summed E-state index contributed by atoms with van der Waals surface area (Å²) in [6.07, 6.45) is 1.82. The lowest BCUT2D eigenvalue weighted by molar-refractivity contribution is -0.144. The van der Waals surface area contributed by atoms with Crippen molar-refractivity contribution in [2.75, 3.05) is 25.1 Å². The lowest BCUT2D eigenvalue weighted by Gasteiger charge is -2.27. The third-order valence-electron chi connectivity index (χ3n) is 4.99. The molecule has 7 heteroatoms. The molecule has 1 unspecified atom stereocenters. The van der Waals surface area contributed by atoms with Crippen LogP contribution < -0.4 is 10.6 Å². The van der Waals surface area contributed by atoms with E-state index in [2.05, 4.69) is 10.6 Å². The molecule has 2 amide bonds. The van der Waals surface area contributed by atoms with Crippen LogP contribution in [-0.2, 0) is 14.3 Å². The van der Waals surface area contributed by atoms with E-state index in [1.54, 1.807) is 18.2 Å². The van der Waals surface area contributed by atoms with Crippen LogP contribution in [0.25, 0.3) is 0 Å². The number of anilines is 1. The van der Waals surface area contributed by atoms with Gasteiger partial charge in [0.2, 0.25) is 5.91 Å². The highest BCUT2D eigenvalue weighted by molar-refractivity contribution is 5.96. The molecule has 28 heavy (non-hydrogen) atoms. The topological polar surface area (TPSA) is 105 Å². The van der Waals surface area contributed by atoms with Gasteiger partial charge in [-0.2, -0.15) is 0 Å². The number of hydrogen-bond donors (Lipinski definition) is 3. The summed E-state index contributed by atoms with van der Waals surface area (Å²) in [7, 11) is 0. The van der Waals surface area contributed by atoms with Crippen LogP contribution >= 0.6 is 0 Å². The van der Waals surface area contributed by atoms with Gasteiger partial charge in [0.15, 0.2) is 0 Å². The number of amides is 2. The molecule has 1 heterocycles. The fourth-order valence-electron chi connectivity index (χ4n) is 3.40. The maximum Gasteiger partial charge on any atom is 0.308 e. The fourth-order valence-corrected chi connectivity index (χ4v) is 3.40. The monoisotopic (exact) mass is 390 g/mol. The Hall–Kier alpha value is -2.41. The third kappa shape index (κ3) is 6.34. The molecule has 1 atom stereocenters. The summed E-state index contributed by atoms with van der Waals surface area (Å²) in [5.41, 5.74) is 1.90. The number of aliphatic carboxylic acids is 1. The first kappa shape index (κ1) is 21.9. The molecule has 1 aromatic carbocycles. The van der Waals surface area contributed by atoms with Gasteiger partial charge in [-0.25, -0.2) is 0 Å². The zero-order valence-electron chi connectivity index (χ0n) is 16.8. The fraction of sp³-hybridized carbons (Fsp3) is 0.571. The van der Waals surface area contributed by atoms with Crippen LogP contribution in [0.5, 0.6) is 0 Å². The molecule has 0 aromatic heterocycles. The van der Waals surface area contributed by atoms with Crippen molar-refractivity contribution in [2.45, 2.75) is 40.0 Å². The smallest absolute Gasteiger partial charge is 0.308 e. The van der Waals surface area contributed by atoms with E-state index in [0.717, 1.165) is 5.56 Å². The SMILES string of the molecule is Cc1cc(C(=O)NCC(C(=O)O)C2CCOCC2)ccc1NC(=O)CC(C)C. The van der Waals surface area contributed by atoms with Gasteiger partial charge in [0.25, 0.3) is 5.91 Å². The number of hydrogen-bond acceptors (Lipinski definition) is 4. The van der Waals surface area contributed by atoms with Crippen LogP contribution in [0.2, 0.25) is 0 Å². The highest BCUT2D eigenvalue weighted by atomic mass is 16.5. The van der Waals surface area contributed by atoms with Crippen molar-refractivity contribution in [2.24, 2.45) is 17.8 Å². The van der Waals surface area contributed by atoms with Crippen LogP contribution in [0.4, 0.5) is 5.69 Å². The van der Waals surface area contributed by atoms with Gasteiger partial charge in [0.05, 0.1) is 5.92 Å². The lowest BCUT2D eigenvalue weighted by Crippen LogP contribution is -2.39. The van der Waals surface area contributed by atoms with Gasteiger partial charge in [-0.05, 0) is 55.4 Å². The summed E-state index contributed by atoms with van der Waals surface area (Å²) in [6.45, 7) is 6.99. The first-order valence-electron chi connectivity index (χ1n) is 9.77. The van der Waals surface area contributed by atoms with E-state index in [1.807, 2.05) is 20.8 Å². The Kier molecular flexibility index (Phi) is 7.99. The Labute approximate surface area is 165 Å². The summed E-state index contributed by atoms with van der Waals surface area (Å²) >= 11 is 0. The van der Waals surface area contributed by atoms with E-state index in [1.165, 1.54) is 0 Å². The van der Waals surface area contributed by atoms with E-state index < -0.39 is 11.9 Å². The predicted octanol–water partition coefficient (Wildman–Crippen LogP) is 2.84. The number of rotatable bonds is 8. The number of nitrogens with one attached hydrogen (secondary N) is 2. The molecule has 0 spiro atoms. The van der Waals surface area contributed by atoms with Crippen LogP contribution in [0.1, 0.15) is 49.0 Å². The third-order valence-corrected chi connectivity index (χ3v) is 4.99. The molecule has 154 valence electrons. The minimum absolute atomic E-state index is 0.00633. The molecule has 2 rings (SSSR count). The normalized spacial score (nSPS) is 15.9. The van der Waals surface area contributed by atoms with Gasteiger partial charge < -0.3 is 20.5 Å². The molecule has 1 fully saturated rings. The van der Waals surface area contributed by atoms with Crippen LogP contribution in [0, 0.1) is 24.7 Å². The number of carbonyl (C=O) groups is 3. The Morgan fingerprint density at radius 2 is 1.89 bits per heavy atom. The largest absolute Gasteiger partial charge is 0.481 e. The highest BCUT2D eigenvalue weighted by Gasteiger charge is 2.30. The van der Waals surface area contributed by atoms with Crippen LogP contribution in [0.15, 0.2) is 18.2 Å². The second-order valence-corrected chi connectivity index (χ2v) is 7.78. The summed E-state index contributed by atoms with van der Waals surface area (Å²) in [6, 6.07) is 5.04. The summed E-state index contributed by atoms with van der Waals surface area (Å²) in [5, 5.41) is 15.1. The van der Waals surface area contributed by atoms with Gasteiger partial charge in [-0.15, -0.1) is 0 Å². The van der Waals surface area contributed by atoms with E-state index >= 15 is 0 Å². The molecule has 0 aliphatic carbocycles. The molecular weight excluding hydrogens is 360 g/mol. The minimum atomic E-state index is -0.897. The van der Waals surface area contributed by atoms with E-state index in [0.29, 0.717) is 43.7 Å². The van der Waals surface area contributed by atoms with Gasteiger partial charge in [-0.1, -0.05) is 13.8 Å². The van der Waals surface area contributed by atoms with Crippen molar-refractivity contribution in [3.63, 3.8) is 0 Å². The number of carboxylic acid groups (broad SMARTS) is 1. The molecule has 1 saturated heterocycles. The van der Waals surface area contributed by atoms with Crippen molar-refractivity contribution in [3.05, 3.63) is 29.3 Å². The minimum Gasteiger partial charge on any atom is -0.481 e. The van der Waals surface area contributed by atoms with Crippen molar-refractivity contribution >= 4 is 23.5 Å². The Balaban J connectivity index is 1.96. The molecule has 0 bridgehead atoms. The predicted molar refractivity (Wildman–Crippen MR) is 106 cm³/mol. The molecule has 1 aliphatic rings. The van der Waals surface area contributed by atoms with Crippen molar-refractivity contribution in [1.29, 1.82) is 0 Å². The number of benzene rings is 1. The molecule has 3 N–H and O–H groups in total. The molecule has 7 nitrogen and oxygen atoms in total. The second kappa shape index (κ2) is 10.2. The molecule has 1 aliphatic heterocycles. The number of carbonyl (C=O) groups excluding carboxylic acids is 2. The summed E-state index contributed by atoms with van der Waals surface area (Å²) < 4.78 is 5.29. The van der Waals surface area contributed by atoms with Gasteiger partial charge in [0, 0.05) is 37.4 Å². The first-order chi connectivity index (χ1) is 13.3. The lowest BCUT2D eigenvalue weighted by atomic mass is 9.86. The maximum absolute atomic E-state index is 12.5. The van der Waals surface area contributed by atoms with Crippen molar-refractivity contribution < 1.29 is 24.2 Å². The van der Waals surface area contributed by atoms with Crippen molar-refractivity contribution in [1.82, 2.24) is 5.32 Å². The van der Waals surface area contributed by atoms with Gasteiger partial charge >= 0.3 is 5.97 Å². The standard InChI is InChI=1S/C21H30N2O5/c1-13(2)10-19(24)23-18-5-4-16(11-14(18)3)20(25)22-12-17(21(26)27)15-6-8-28-9-7-15/h4-5,11,13,15,17H,6-10,12H2,1-3H3,(H,22,25)(H,23,24)(H,26,27).